The van der Waals surface area contributed by atoms with Gasteiger partial charge in [0.2, 0.25) is 0 Å². The summed E-state index contributed by atoms with van der Waals surface area (Å²) in [4.78, 5) is -3.26. The summed E-state index contributed by atoms with van der Waals surface area (Å²) in [6, 6.07) is 7.85. The molecule has 1 aliphatic carbocycles. The van der Waals surface area contributed by atoms with Gasteiger partial charge in [-0.05, 0) is 48.5 Å². The molecule has 0 amide bonds. The van der Waals surface area contributed by atoms with E-state index in [2.05, 4.69) is 0 Å². The fourth-order valence-corrected chi connectivity index (χ4v) is 10.9. The summed E-state index contributed by atoms with van der Waals surface area (Å²) in [7, 11) is -21.5. The van der Waals surface area contributed by atoms with Crippen LogP contribution < -0.4 is 137 Å². The molecule has 4 aromatic rings. The van der Waals surface area contributed by atoms with E-state index in [-0.39, 0.29) is 331 Å². The van der Waals surface area contributed by atoms with Gasteiger partial charge in [-0.3, -0.25) is 0 Å². The van der Waals surface area contributed by atoms with Crippen LogP contribution in [-0.4, -0.2) is 197 Å². The van der Waals surface area contributed by atoms with Gasteiger partial charge in [-0.25, -0.2) is 33.7 Å². The summed E-state index contributed by atoms with van der Waals surface area (Å²) in [5.41, 5.74) is -0.824. The van der Waals surface area contributed by atoms with E-state index in [1.165, 1.54) is 0 Å². The predicted molar refractivity (Wildman–Crippen MR) is 268 cm³/mol. The van der Waals surface area contributed by atoms with Crippen molar-refractivity contribution in [3.8, 4) is 23.0 Å². The minimum absolute atomic E-state index is 0. The van der Waals surface area contributed by atoms with Gasteiger partial charge in [-0.15, -0.1) is 0 Å². The van der Waals surface area contributed by atoms with Crippen molar-refractivity contribution in [3.05, 3.63) is 93.0 Å². The zero-order chi connectivity index (χ0) is 56.5. The summed E-state index contributed by atoms with van der Waals surface area (Å²) < 4.78 is 234. The van der Waals surface area contributed by atoms with E-state index in [1.807, 2.05) is 0 Å². The van der Waals surface area contributed by atoms with E-state index in [1.54, 1.807) is 0 Å². The van der Waals surface area contributed by atoms with Gasteiger partial charge in [-0.1, -0.05) is 0 Å². The van der Waals surface area contributed by atoms with Crippen molar-refractivity contribution in [2.24, 2.45) is 0 Å². The summed E-state index contributed by atoms with van der Waals surface area (Å²) in [6.07, 6.45) is -2.23. The molecular formula is C50H60Na4O25S4. The molecule has 12 bridgehead atoms. The molecule has 3 aliphatic rings. The minimum atomic E-state index is -5.37. The molecule has 0 saturated carbocycles. The Morgan fingerprint density at radius 1 is 0.229 bits per heavy atom. The largest absolute Gasteiger partial charge is 1.00 e. The zero-order valence-corrected chi connectivity index (χ0v) is 58.1. The number of ether oxygens (including phenoxy) is 13. The molecule has 4 aromatic carbocycles. The second-order valence-corrected chi connectivity index (χ2v) is 23.2. The fourth-order valence-electron chi connectivity index (χ4n) is 8.63. The molecule has 0 atom stereocenters. The van der Waals surface area contributed by atoms with Crippen LogP contribution in [0.3, 0.4) is 0 Å². The third-order valence-electron chi connectivity index (χ3n) is 12.0. The first-order valence-corrected chi connectivity index (χ1v) is 30.6. The van der Waals surface area contributed by atoms with Gasteiger partial charge >= 0.3 is 118 Å². The van der Waals surface area contributed by atoms with Crippen LogP contribution in [-0.2, 0) is 109 Å². The van der Waals surface area contributed by atoms with Crippen molar-refractivity contribution in [2.75, 3.05) is 145 Å². The third kappa shape index (κ3) is 24.6. The maximum atomic E-state index is 13.1. The summed E-state index contributed by atoms with van der Waals surface area (Å²) in [5, 5.41) is 0. The normalized spacial score (nSPS) is 17.8. The van der Waals surface area contributed by atoms with E-state index >= 15 is 0 Å². The van der Waals surface area contributed by atoms with Crippen molar-refractivity contribution < 1.29 is 232 Å². The second-order valence-electron chi connectivity index (χ2n) is 17.7. The zero-order valence-electron chi connectivity index (χ0n) is 46.8. The molecule has 0 unspecified atom stereocenters. The van der Waals surface area contributed by atoms with Crippen LogP contribution in [0.15, 0.2) is 68.1 Å². The Bertz CT molecular complexity index is 2970. The molecular weight excluding hydrogens is 1220 g/mol. The Hall–Kier alpha value is -0.640. The van der Waals surface area contributed by atoms with Crippen LogP contribution in [0.25, 0.3) is 0 Å². The predicted octanol–water partition coefficient (Wildman–Crippen LogP) is -10.3. The number of benzene rings is 4. The average molecular weight is 1280 g/mol. The first-order valence-electron chi connectivity index (χ1n) is 24.9. The van der Waals surface area contributed by atoms with Crippen molar-refractivity contribution in [2.45, 2.75) is 45.3 Å². The van der Waals surface area contributed by atoms with Crippen LogP contribution in [0.5, 0.6) is 23.0 Å². The third-order valence-corrected chi connectivity index (χ3v) is 15.3. The van der Waals surface area contributed by atoms with Gasteiger partial charge in [0.1, 0.15) is 89.9 Å². The van der Waals surface area contributed by atoms with Crippen molar-refractivity contribution in [1.82, 2.24) is 0 Å². The first-order chi connectivity index (χ1) is 37.8. The topological polar surface area (TPSA) is 349 Å². The first kappa shape index (κ1) is 76.6. The van der Waals surface area contributed by atoms with E-state index in [0.29, 0.717) is 0 Å². The van der Waals surface area contributed by atoms with Crippen LogP contribution >= 0.6 is 0 Å². The molecule has 0 fully saturated rings. The molecule has 25 nitrogen and oxygen atoms in total. The molecule has 2 heterocycles. The quantitative estimate of drug-likeness (QED) is 0.119. The van der Waals surface area contributed by atoms with Gasteiger partial charge < -0.3 is 79.8 Å². The van der Waals surface area contributed by atoms with Crippen LogP contribution in [0, 0.1) is 0 Å². The fraction of sp³-hybridized carbons (Fsp3) is 0.520. The van der Waals surface area contributed by atoms with Crippen molar-refractivity contribution in [1.29, 1.82) is 0 Å². The molecule has 33 heteroatoms. The number of hydrogen-bond acceptors (Lipinski definition) is 25. The van der Waals surface area contributed by atoms with E-state index in [4.69, 9.17) is 61.6 Å². The van der Waals surface area contributed by atoms with Crippen molar-refractivity contribution in [3.63, 3.8) is 0 Å². The Morgan fingerprint density at radius 2 is 0.349 bits per heavy atom. The van der Waals surface area contributed by atoms with Gasteiger partial charge in [0.05, 0.1) is 139 Å². The molecule has 0 saturated heterocycles. The molecule has 438 valence electrons. The number of hydrogen-bond donors (Lipinski definition) is 0. The van der Waals surface area contributed by atoms with Crippen LogP contribution in [0.1, 0.15) is 44.5 Å². The summed E-state index contributed by atoms with van der Waals surface area (Å²) >= 11 is 0. The Labute approximate surface area is 572 Å². The minimum Gasteiger partial charge on any atom is -0.744 e. The Kier molecular flexibility index (Phi) is 34.6. The Morgan fingerprint density at radius 3 is 0.470 bits per heavy atom. The summed E-state index contributed by atoms with van der Waals surface area (Å²) in [5.74, 6) is -0.468. The molecule has 0 N–H and O–H groups in total. The van der Waals surface area contributed by atoms with E-state index in [0.717, 1.165) is 48.5 Å². The van der Waals surface area contributed by atoms with Crippen LogP contribution in [0.2, 0.25) is 0 Å². The van der Waals surface area contributed by atoms with Gasteiger partial charge in [0, 0.05) is 70.2 Å². The maximum Gasteiger partial charge on any atom is 1.00 e. The molecule has 83 heavy (non-hydrogen) atoms. The van der Waals surface area contributed by atoms with Crippen molar-refractivity contribution >= 4 is 40.5 Å². The van der Waals surface area contributed by atoms with Gasteiger partial charge in [0.15, 0.2) is 0 Å². The Balaban J connectivity index is 0.00000452. The summed E-state index contributed by atoms with van der Waals surface area (Å²) in [6.45, 7) is 1.18. The molecule has 0 radical (unpaired) electrons. The molecule has 7 rings (SSSR count). The maximum absolute atomic E-state index is 13.1. The standard InChI is InChI=1S/C50H64O25S4.4Na/c51-76(52,53)43-27-35-23-36-28-44(77(54,55)56)30-38-25-40-32-46(79(60,61)62)34-42-26-41-33-45(78(57,58)59)31-39(49(41)74-21-17-70-13-9-66-5-6-67-10-14-71-18-22-75-50(40)42)24-37(29-43)47(35)72-19-15-68-11-7-64-3-1-63-2-4-65-8-12-69-16-20-73-48(36)38;;;;/h27-34H,1-26H2,(H,51,52,53)(H,54,55,56)(H,57,58,59)(H,60,61,62);;;;/q;4*+1/p-4. The molecule has 2 aliphatic heterocycles. The SMILES string of the molecule is O=S(=O)([O-])c1cc2c3c(c1)Cc1cc(S(=O)(=O)[O-])cc4c1OCCOCCOCCOCCOCCOc1c(cc(S(=O)(=O)[O-])cc1C4)Cc1cc(S(=O)(=O)[O-])cc(c1OCCOCCOCCOCCOCCOCCO3)C2.[Na+].[Na+].[Na+].[Na+]. The van der Waals surface area contributed by atoms with E-state index in [9.17, 15) is 51.9 Å². The van der Waals surface area contributed by atoms with E-state index < -0.39 is 85.7 Å². The number of rotatable bonds is 4. The monoisotopic (exact) mass is 1280 g/mol. The molecule has 0 aromatic heterocycles. The van der Waals surface area contributed by atoms with Crippen LogP contribution in [0.4, 0.5) is 0 Å². The van der Waals surface area contributed by atoms with Gasteiger partial charge in [-0.2, -0.15) is 0 Å². The second kappa shape index (κ2) is 37.5. The molecule has 0 spiro atoms. The smallest absolute Gasteiger partial charge is 0.744 e. The van der Waals surface area contributed by atoms with Gasteiger partial charge in [0.25, 0.3) is 0 Å². The average Bonchev–Trinajstić information content (AvgIpc) is 3.58.